The molecule has 0 unspecified atom stereocenters. The number of carbonyl (C=O) groups excluding carboxylic acids is 1. The summed E-state index contributed by atoms with van der Waals surface area (Å²) in [6.45, 7) is 2.49. The number of hydrogen-bond donors (Lipinski definition) is 3. The molecule has 1 aromatic carbocycles. The van der Waals surface area contributed by atoms with Crippen molar-refractivity contribution in [1.82, 2.24) is 15.3 Å². The lowest BCUT2D eigenvalue weighted by Gasteiger charge is -2.14. The highest BCUT2D eigenvalue weighted by Gasteiger charge is 2.25. The van der Waals surface area contributed by atoms with Crippen LogP contribution in [0.5, 0.6) is 0 Å². The Labute approximate surface area is 136 Å². The lowest BCUT2D eigenvalue weighted by molar-refractivity contribution is -0.122. The van der Waals surface area contributed by atoms with Crippen molar-refractivity contribution in [2.75, 3.05) is 0 Å². The zero-order valence-corrected chi connectivity index (χ0v) is 13.6. The standard InChI is InChI=1S/C16H22N4O.ClH/c1-10-5-6-13-14(7-10)20-15(19-13)9-18-16(21)8-11-3-2-4-12(11)17;/h5-7,11-12H,2-4,8-9,17H2,1H3,(H,18,21)(H,19,20);1H/t11-,12+;/m0./s1. The number of carbonyl (C=O) groups is 1. The van der Waals surface area contributed by atoms with Crippen molar-refractivity contribution in [3.8, 4) is 0 Å². The first-order valence-electron chi connectivity index (χ1n) is 7.59. The first kappa shape index (κ1) is 16.8. The van der Waals surface area contributed by atoms with Crippen LogP contribution in [0.2, 0.25) is 0 Å². The average Bonchev–Trinajstić information content (AvgIpc) is 3.02. The van der Waals surface area contributed by atoms with E-state index in [1.54, 1.807) is 0 Å². The lowest BCUT2D eigenvalue weighted by atomic mass is 10.00. The van der Waals surface area contributed by atoms with Crippen LogP contribution in [0.15, 0.2) is 18.2 Å². The number of rotatable bonds is 4. The van der Waals surface area contributed by atoms with Gasteiger partial charge in [0.1, 0.15) is 5.82 Å². The van der Waals surface area contributed by atoms with Gasteiger partial charge in [0, 0.05) is 12.5 Å². The minimum Gasteiger partial charge on any atom is -0.349 e. The van der Waals surface area contributed by atoms with Gasteiger partial charge in [-0.25, -0.2) is 4.98 Å². The first-order chi connectivity index (χ1) is 10.1. The Balaban J connectivity index is 0.00000176. The van der Waals surface area contributed by atoms with Crippen LogP contribution in [-0.4, -0.2) is 21.9 Å². The third kappa shape index (κ3) is 3.78. The van der Waals surface area contributed by atoms with E-state index in [9.17, 15) is 4.79 Å². The molecule has 0 radical (unpaired) electrons. The van der Waals surface area contributed by atoms with Crippen molar-refractivity contribution in [3.05, 3.63) is 29.6 Å². The van der Waals surface area contributed by atoms with Crippen molar-refractivity contribution in [1.29, 1.82) is 0 Å². The van der Waals surface area contributed by atoms with E-state index in [4.69, 9.17) is 5.73 Å². The number of nitrogens with two attached hydrogens (primary N) is 1. The normalized spacial score (nSPS) is 20.8. The van der Waals surface area contributed by atoms with Crippen molar-refractivity contribution in [3.63, 3.8) is 0 Å². The number of aryl methyl sites for hydroxylation is 1. The second-order valence-corrected chi connectivity index (χ2v) is 6.04. The molecule has 1 aliphatic carbocycles. The highest BCUT2D eigenvalue weighted by molar-refractivity contribution is 5.85. The molecule has 1 amide bonds. The summed E-state index contributed by atoms with van der Waals surface area (Å²) in [6, 6.07) is 6.27. The summed E-state index contributed by atoms with van der Waals surface area (Å²) in [7, 11) is 0. The molecule has 0 saturated heterocycles. The Morgan fingerprint density at radius 2 is 2.27 bits per heavy atom. The summed E-state index contributed by atoms with van der Waals surface area (Å²) in [6.07, 6.45) is 3.78. The largest absolute Gasteiger partial charge is 0.349 e. The van der Waals surface area contributed by atoms with E-state index in [-0.39, 0.29) is 24.4 Å². The summed E-state index contributed by atoms with van der Waals surface area (Å²) in [5, 5.41) is 2.93. The third-order valence-corrected chi connectivity index (χ3v) is 4.30. The minimum atomic E-state index is 0. The van der Waals surface area contributed by atoms with Crippen LogP contribution in [0.3, 0.4) is 0 Å². The van der Waals surface area contributed by atoms with Crippen molar-refractivity contribution in [2.45, 2.75) is 45.2 Å². The average molecular weight is 323 g/mol. The van der Waals surface area contributed by atoms with Crippen molar-refractivity contribution < 1.29 is 4.79 Å². The minimum absolute atomic E-state index is 0. The van der Waals surface area contributed by atoms with Gasteiger partial charge >= 0.3 is 0 Å². The van der Waals surface area contributed by atoms with Gasteiger partial charge in [-0.3, -0.25) is 4.79 Å². The van der Waals surface area contributed by atoms with E-state index in [1.165, 1.54) is 5.56 Å². The molecule has 6 heteroatoms. The predicted octanol–water partition coefficient (Wildman–Crippen LogP) is 2.43. The van der Waals surface area contributed by atoms with E-state index < -0.39 is 0 Å². The molecule has 2 aromatic rings. The zero-order chi connectivity index (χ0) is 14.8. The van der Waals surface area contributed by atoms with E-state index in [0.717, 1.165) is 36.1 Å². The highest BCUT2D eigenvalue weighted by atomic mass is 35.5. The van der Waals surface area contributed by atoms with Gasteiger partial charge in [-0.2, -0.15) is 0 Å². The number of H-pyrrole nitrogens is 1. The number of fused-ring (bicyclic) bond motifs is 1. The lowest BCUT2D eigenvalue weighted by Crippen LogP contribution is -2.31. The molecule has 1 fully saturated rings. The fraction of sp³-hybridized carbons (Fsp3) is 0.500. The molecule has 3 rings (SSSR count). The van der Waals surface area contributed by atoms with Crippen LogP contribution < -0.4 is 11.1 Å². The number of amides is 1. The molecule has 0 aliphatic heterocycles. The van der Waals surface area contributed by atoms with E-state index >= 15 is 0 Å². The maximum atomic E-state index is 12.0. The van der Waals surface area contributed by atoms with Crippen molar-refractivity contribution in [2.24, 2.45) is 11.7 Å². The second kappa shape index (κ2) is 7.11. The molecule has 0 bridgehead atoms. The quantitative estimate of drug-likeness (QED) is 0.808. The molecule has 4 N–H and O–H groups in total. The number of nitrogens with one attached hydrogen (secondary N) is 2. The molecule has 22 heavy (non-hydrogen) atoms. The number of halogens is 1. The number of aromatic nitrogens is 2. The molecule has 1 saturated carbocycles. The molecular formula is C16H23ClN4O. The SMILES string of the molecule is Cc1ccc2nc(CNC(=O)C[C@@H]3CCC[C@H]3N)[nH]c2c1.Cl. The van der Waals surface area contributed by atoms with Crippen LogP contribution in [0.1, 0.15) is 37.1 Å². The summed E-state index contributed by atoms with van der Waals surface area (Å²) in [5.74, 6) is 1.19. The van der Waals surface area contributed by atoms with Gasteiger partial charge in [-0.05, 0) is 43.4 Å². The van der Waals surface area contributed by atoms with Crippen LogP contribution >= 0.6 is 12.4 Å². The van der Waals surface area contributed by atoms with Gasteiger partial charge < -0.3 is 16.0 Å². The molecule has 5 nitrogen and oxygen atoms in total. The van der Waals surface area contributed by atoms with E-state index in [0.29, 0.717) is 18.9 Å². The van der Waals surface area contributed by atoms with Gasteiger partial charge in [0.25, 0.3) is 0 Å². The van der Waals surface area contributed by atoms with Gasteiger partial charge in [0.15, 0.2) is 0 Å². The van der Waals surface area contributed by atoms with E-state index in [2.05, 4.69) is 21.4 Å². The summed E-state index contributed by atoms with van der Waals surface area (Å²) >= 11 is 0. The zero-order valence-electron chi connectivity index (χ0n) is 12.8. The molecular weight excluding hydrogens is 300 g/mol. The first-order valence-corrected chi connectivity index (χ1v) is 7.59. The molecule has 2 atom stereocenters. The number of imidazole rings is 1. The second-order valence-electron chi connectivity index (χ2n) is 6.04. The summed E-state index contributed by atoms with van der Waals surface area (Å²) in [5.41, 5.74) is 9.14. The summed E-state index contributed by atoms with van der Waals surface area (Å²) < 4.78 is 0. The van der Waals surface area contributed by atoms with Gasteiger partial charge in [-0.15, -0.1) is 12.4 Å². The molecule has 1 aliphatic rings. The summed E-state index contributed by atoms with van der Waals surface area (Å²) in [4.78, 5) is 19.7. The number of hydrogen-bond acceptors (Lipinski definition) is 3. The van der Waals surface area contributed by atoms with Crippen LogP contribution in [-0.2, 0) is 11.3 Å². The Hall–Kier alpha value is -1.59. The molecule has 120 valence electrons. The van der Waals surface area contributed by atoms with Gasteiger partial charge in [0.2, 0.25) is 5.91 Å². The topological polar surface area (TPSA) is 83.8 Å². The highest BCUT2D eigenvalue weighted by Crippen LogP contribution is 2.26. The van der Waals surface area contributed by atoms with E-state index in [1.807, 2.05) is 19.1 Å². The molecule has 0 spiro atoms. The predicted molar refractivity (Wildman–Crippen MR) is 89.9 cm³/mol. The molecule has 1 heterocycles. The molecule has 1 aromatic heterocycles. The third-order valence-electron chi connectivity index (χ3n) is 4.30. The number of nitrogens with zero attached hydrogens (tertiary/aromatic N) is 1. The smallest absolute Gasteiger partial charge is 0.220 e. The maximum absolute atomic E-state index is 12.0. The van der Waals surface area contributed by atoms with Gasteiger partial charge in [-0.1, -0.05) is 12.5 Å². The van der Waals surface area contributed by atoms with Gasteiger partial charge in [0.05, 0.1) is 17.6 Å². The maximum Gasteiger partial charge on any atom is 0.220 e. The Bertz CT molecular complexity index is 655. The Morgan fingerprint density at radius 3 is 3.00 bits per heavy atom. The fourth-order valence-corrected chi connectivity index (χ4v) is 3.07. The Morgan fingerprint density at radius 1 is 1.45 bits per heavy atom. The Kier molecular flexibility index (Phi) is 5.42. The number of benzene rings is 1. The van der Waals surface area contributed by atoms with Crippen LogP contribution in [0.25, 0.3) is 11.0 Å². The fourth-order valence-electron chi connectivity index (χ4n) is 3.07. The van der Waals surface area contributed by atoms with Crippen LogP contribution in [0, 0.1) is 12.8 Å². The monoisotopic (exact) mass is 322 g/mol. The van der Waals surface area contributed by atoms with Crippen molar-refractivity contribution >= 4 is 29.3 Å². The van der Waals surface area contributed by atoms with Crippen LogP contribution in [0.4, 0.5) is 0 Å². The number of aromatic amines is 1.